The van der Waals surface area contributed by atoms with Crippen LogP contribution in [0.2, 0.25) is 0 Å². The summed E-state index contributed by atoms with van der Waals surface area (Å²) in [5, 5.41) is 2.28. The molecule has 1 amide bonds. The van der Waals surface area contributed by atoms with Crippen molar-refractivity contribution in [2.45, 2.75) is 26.3 Å². The Morgan fingerprint density at radius 3 is 2.65 bits per heavy atom. The lowest BCUT2D eigenvalue weighted by Crippen LogP contribution is -2.36. The number of nitrogens with two attached hydrogens (primary N) is 1. The van der Waals surface area contributed by atoms with E-state index in [0.717, 1.165) is 6.07 Å². The number of carbonyl (C=O) groups excluding carboxylic acids is 1. The SMILES string of the molecule is CC(C)C[C@H](N)C(=O)Nc1cccc(F)c1F. The predicted octanol–water partition coefficient (Wildman–Crippen LogP) is 2.28. The van der Waals surface area contributed by atoms with E-state index >= 15 is 0 Å². The number of anilines is 1. The molecule has 5 heteroatoms. The predicted molar refractivity (Wildman–Crippen MR) is 62.4 cm³/mol. The van der Waals surface area contributed by atoms with E-state index in [1.165, 1.54) is 12.1 Å². The van der Waals surface area contributed by atoms with E-state index in [1.54, 1.807) is 0 Å². The minimum atomic E-state index is -1.07. The fourth-order valence-electron chi connectivity index (χ4n) is 1.44. The van der Waals surface area contributed by atoms with Crippen LogP contribution in [0.15, 0.2) is 18.2 Å². The lowest BCUT2D eigenvalue weighted by atomic mass is 10.0. The van der Waals surface area contributed by atoms with E-state index in [0.29, 0.717) is 6.42 Å². The molecular weight excluding hydrogens is 226 g/mol. The Hall–Kier alpha value is -1.49. The summed E-state index contributed by atoms with van der Waals surface area (Å²) < 4.78 is 26.1. The molecule has 1 atom stereocenters. The molecule has 1 rings (SSSR count). The molecule has 94 valence electrons. The highest BCUT2D eigenvalue weighted by molar-refractivity contribution is 5.94. The third-order valence-corrected chi connectivity index (χ3v) is 2.27. The molecular formula is C12H16F2N2O. The van der Waals surface area contributed by atoms with Gasteiger partial charge in [-0.2, -0.15) is 0 Å². The first-order valence-corrected chi connectivity index (χ1v) is 5.42. The lowest BCUT2D eigenvalue weighted by molar-refractivity contribution is -0.117. The number of rotatable bonds is 4. The van der Waals surface area contributed by atoms with Gasteiger partial charge in [-0.15, -0.1) is 0 Å². The fraction of sp³-hybridized carbons (Fsp3) is 0.417. The number of benzene rings is 1. The summed E-state index contributed by atoms with van der Waals surface area (Å²) >= 11 is 0. The largest absolute Gasteiger partial charge is 0.322 e. The molecule has 0 aromatic heterocycles. The first kappa shape index (κ1) is 13.6. The van der Waals surface area contributed by atoms with Crippen molar-refractivity contribution in [1.29, 1.82) is 0 Å². The summed E-state index contributed by atoms with van der Waals surface area (Å²) in [6.07, 6.45) is 0.489. The molecule has 17 heavy (non-hydrogen) atoms. The van der Waals surface area contributed by atoms with E-state index < -0.39 is 23.6 Å². The van der Waals surface area contributed by atoms with Crippen molar-refractivity contribution in [3.63, 3.8) is 0 Å². The summed E-state index contributed by atoms with van der Waals surface area (Å²) in [4.78, 5) is 11.6. The second kappa shape index (κ2) is 5.72. The fourth-order valence-corrected chi connectivity index (χ4v) is 1.44. The van der Waals surface area contributed by atoms with Crippen molar-refractivity contribution >= 4 is 11.6 Å². The molecule has 0 unspecified atom stereocenters. The minimum absolute atomic E-state index is 0.186. The Labute approximate surface area is 99.0 Å². The molecule has 1 aromatic carbocycles. The highest BCUT2D eigenvalue weighted by Gasteiger charge is 2.17. The summed E-state index contributed by atoms with van der Waals surface area (Å²) in [6, 6.07) is 2.87. The van der Waals surface area contributed by atoms with Gasteiger partial charge in [0.05, 0.1) is 11.7 Å². The van der Waals surface area contributed by atoms with E-state index in [9.17, 15) is 13.6 Å². The first-order valence-electron chi connectivity index (χ1n) is 5.42. The molecule has 0 aliphatic heterocycles. The van der Waals surface area contributed by atoms with Gasteiger partial charge in [0.25, 0.3) is 0 Å². The van der Waals surface area contributed by atoms with Crippen LogP contribution in [-0.4, -0.2) is 11.9 Å². The molecule has 0 fully saturated rings. The Kier molecular flexibility index (Phi) is 4.57. The standard InChI is InChI=1S/C12H16F2N2O/c1-7(2)6-9(15)12(17)16-10-5-3-4-8(13)11(10)14/h3-5,7,9H,6,15H2,1-2H3,(H,16,17)/t9-/m0/s1. The third-order valence-electron chi connectivity index (χ3n) is 2.27. The first-order chi connectivity index (χ1) is 7.91. The maximum absolute atomic E-state index is 13.3. The van der Waals surface area contributed by atoms with Gasteiger partial charge < -0.3 is 11.1 Å². The van der Waals surface area contributed by atoms with Crippen LogP contribution in [0.3, 0.4) is 0 Å². The Balaban J connectivity index is 2.71. The zero-order valence-corrected chi connectivity index (χ0v) is 9.84. The van der Waals surface area contributed by atoms with Gasteiger partial charge in [-0.05, 0) is 24.5 Å². The Morgan fingerprint density at radius 2 is 2.06 bits per heavy atom. The monoisotopic (exact) mass is 242 g/mol. The van der Waals surface area contributed by atoms with Crippen molar-refractivity contribution < 1.29 is 13.6 Å². The number of hydrogen-bond acceptors (Lipinski definition) is 2. The Morgan fingerprint density at radius 1 is 1.41 bits per heavy atom. The van der Waals surface area contributed by atoms with Crippen LogP contribution in [0.4, 0.5) is 14.5 Å². The molecule has 0 saturated carbocycles. The number of amides is 1. The van der Waals surface area contributed by atoms with Crippen molar-refractivity contribution in [2.75, 3.05) is 5.32 Å². The topological polar surface area (TPSA) is 55.1 Å². The van der Waals surface area contributed by atoms with E-state index in [1.807, 2.05) is 13.8 Å². The van der Waals surface area contributed by atoms with Crippen LogP contribution in [0.25, 0.3) is 0 Å². The Bertz CT molecular complexity index is 407. The lowest BCUT2D eigenvalue weighted by Gasteiger charge is -2.14. The van der Waals surface area contributed by atoms with Gasteiger partial charge in [-0.1, -0.05) is 19.9 Å². The summed E-state index contributed by atoms with van der Waals surface area (Å²) in [7, 11) is 0. The van der Waals surface area contributed by atoms with Crippen molar-refractivity contribution in [1.82, 2.24) is 0 Å². The van der Waals surface area contributed by atoms with Gasteiger partial charge >= 0.3 is 0 Å². The summed E-state index contributed by atoms with van der Waals surface area (Å²) in [5.41, 5.74) is 5.44. The molecule has 1 aromatic rings. The average molecular weight is 242 g/mol. The van der Waals surface area contributed by atoms with Gasteiger partial charge in [-0.3, -0.25) is 4.79 Å². The van der Waals surface area contributed by atoms with Gasteiger partial charge in [0.2, 0.25) is 5.91 Å². The van der Waals surface area contributed by atoms with Gasteiger partial charge in [-0.25, -0.2) is 8.78 Å². The van der Waals surface area contributed by atoms with Crippen LogP contribution in [0.5, 0.6) is 0 Å². The van der Waals surface area contributed by atoms with Crippen LogP contribution in [0, 0.1) is 17.6 Å². The highest BCUT2D eigenvalue weighted by Crippen LogP contribution is 2.17. The summed E-state index contributed by atoms with van der Waals surface area (Å²) in [5.74, 6) is -2.32. The summed E-state index contributed by atoms with van der Waals surface area (Å²) in [6.45, 7) is 3.85. The molecule has 0 heterocycles. The van der Waals surface area contributed by atoms with Crippen LogP contribution in [-0.2, 0) is 4.79 Å². The molecule has 3 nitrogen and oxygen atoms in total. The average Bonchev–Trinajstić information content (AvgIpc) is 2.23. The van der Waals surface area contributed by atoms with Gasteiger partial charge in [0, 0.05) is 0 Å². The maximum Gasteiger partial charge on any atom is 0.241 e. The minimum Gasteiger partial charge on any atom is -0.322 e. The third kappa shape index (κ3) is 3.78. The molecule has 0 spiro atoms. The molecule has 0 radical (unpaired) electrons. The van der Waals surface area contributed by atoms with Crippen LogP contribution >= 0.6 is 0 Å². The van der Waals surface area contributed by atoms with Gasteiger partial charge in [0.15, 0.2) is 11.6 Å². The molecule has 3 N–H and O–H groups in total. The number of hydrogen-bond donors (Lipinski definition) is 2. The van der Waals surface area contributed by atoms with Crippen LogP contribution in [0.1, 0.15) is 20.3 Å². The number of nitrogens with one attached hydrogen (secondary N) is 1. The molecule has 0 bridgehead atoms. The smallest absolute Gasteiger partial charge is 0.241 e. The zero-order chi connectivity index (χ0) is 13.0. The van der Waals surface area contributed by atoms with E-state index in [-0.39, 0.29) is 11.6 Å². The van der Waals surface area contributed by atoms with Crippen molar-refractivity contribution in [3.8, 4) is 0 Å². The normalized spacial score (nSPS) is 12.6. The molecule has 0 saturated heterocycles. The van der Waals surface area contributed by atoms with Gasteiger partial charge in [0.1, 0.15) is 0 Å². The number of halogens is 2. The zero-order valence-electron chi connectivity index (χ0n) is 9.84. The number of carbonyl (C=O) groups is 1. The maximum atomic E-state index is 13.3. The quantitative estimate of drug-likeness (QED) is 0.851. The highest BCUT2D eigenvalue weighted by atomic mass is 19.2. The van der Waals surface area contributed by atoms with Crippen molar-refractivity contribution in [3.05, 3.63) is 29.8 Å². The van der Waals surface area contributed by atoms with Crippen LogP contribution < -0.4 is 11.1 Å². The second-order valence-corrected chi connectivity index (χ2v) is 4.33. The van der Waals surface area contributed by atoms with Crippen molar-refractivity contribution in [2.24, 2.45) is 11.7 Å². The molecule has 0 aliphatic rings. The van der Waals surface area contributed by atoms with E-state index in [4.69, 9.17) is 5.73 Å². The van der Waals surface area contributed by atoms with E-state index in [2.05, 4.69) is 5.32 Å². The second-order valence-electron chi connectivity index (χ2n) is 4.33. The molecule has 0 aliphatic carbocycles.